The summed E-state index contributed by atoms with van der Waals surface area (Å²) in [6.07, 6.45) is 0. The van der Waals surface area contributed by atoms with Gasteiger partial charge in [-0.25, -0.2) is 9.78 Å². The smallest absolute Gasteiger partial charge is 0.352 e. The minimum Gasteiger partial charge on any atom is -0.477 e. The molecule has 206 valence electrons. The lowest BCUT2D eigenvalue weighted by atomic mass is 10.0. The molecule has 0 radical (unpaired) electrons. The lowest BCUT2D eigenvalue weighted by Gasteiger charge is -2.49. The highest BCUT2D eigenvalue weighted by Crippen LogP contribution is 2.43. The number of nitrogen functional groups attached to an aromatic ring is 1. The van der Waals surface area contributed by atoms with Gasteiger partial charge >= 0.3 is 5.97 Å². The molecule has 1 saturated heterocycles. The molecule has 0 aliphatic carbocycles. The Morgan fingerprint density at radius 1 is 1.25 bits per heavy atom. The fraction of sp³-hybridized carbons (Fsp3) is 0.217. The highest BCUT2D eigenvalue weighted by atomic mass is 32.2. The van der Waals surface area contributed by atoms with E-state index >= 15 is 0 Å². The second-order valence-electron chi connectivity index (χ2n) is 8.56. The molecule has 1 aromatic carbocycles. The Hall–Kier alpha value is -3.80. The van der Waals surface area contributed by atoms with Crippen LogP contribution in [0.3, 0.4) is 0 Å². The second-order valence-corrected chi connectivity index (χ2v) is 12.9. The number of oxime groups is 1. The van der Waals surface area contributed by atoms with Crippen molar-refractivity contribution in [2.45, 2.75) is 15.6 Å². The number of fused-ring (bicyclic) bond motifs is 3. The summed E-state index contributed by atoms with van der Waals surface area (Å²) in [6.45, 7) is 0.0910. The number of carboxylic acid groups (broad SMARTS) is 1. The zero-order chi connectivity index (χ0) is 28.1. The third-order valence-electron chi connectivity index (χ3n) is 6.20. The number of rotatable bonds is 7. The number of aliphatic carboxylic acids is 1. The van der Waals surface area contributed by atoms with E-state index in [-0.39, 0.29) is 34.5 Å². The fourth-order valence-electron chi connectivity index (χ4n) is 4.37. The van der Waals surface area contributed by atoms with Crippen LogP contribution in [-0.2, 0) is 14.4 Å². The van der Waals surface area contributed by atoms with Crippen LogP contribution in [0.1, 0.15) is 5.69 Å². The van der Waals surface area contributed by atoms with Crippen LogP contribution in [0, 0.1) is 0 Å². The van der Waals surface area contributed by atoms with Crippen LogP contribution in [0.4, 0.5) is 5.13 Å². The molecule has 17 heteroatoms. The van der Waals surface area contributed by atoms with Crippen LogP contribution in [0.15, 0.2) is 49.0 Å². The van der Waals surface area contributed by atoms with Gasteiger partial charge in [-0.15, -0.1) is 46.2 Å². The molecule has 3 aliphatic rings. The monoisotopic (exact) mass is 619 g/mol. The summed E-state index contributed by atoms with van der Waals surface area (Å²) in [4.78, 5) is 55.7. The molecule has 0 spiro atoms. The summed E-state index contributed by atoms with van der Waals surface area (Å²) < 4.78 is 12.1. The summed E-state index contributed by atoms with van der Waals surface area (Å²) in [6, 6.07) is 3.88. The van der Waals surface area contributed by atoms with Gasteiger partial charge in [0, 0.05) is 39.1 Å². The largest absolute Gasteiger partial charge is 0.477 e. The molecule has 0 unspecified atom stereocenters. The van der Waals surface area contributed by atoms with Gasteiger partial charge in [-0.2, -0.15) is 0 Å². The van der Waals surface area contributed by atoms with Crippen molar-refractivity contribution in [1.29, 1.82) is 0 Å². The first-order valence-electron chi connectivity index (χ1n) is 11.4. The van der Waals surface area contributed by atoms with Crippen molar-refractivity contribution >= 4 is 84.9 Å². The number of benzene rings is 1. The van der Waals surface area contributed by atoms with E-state index in [4.69, 9.17) is 15.2 Å². The van der Waals surface area contributed by atoms with Gasteiger partial charge in [0.25, 0.3) is 11.8 Å². The van der Waals surface area contributed by atoms with E-state index in [1.807, 2.05) is 0 Å². The molecule has 2 atom stereocenters. The lowest BCUT2D eigenvalue weighted by molar-refractivity contribution is -0.150. The number of hydrogen-bond acceptors (Lipinski definition) is 14. The molecule has 2 amide bonds. The minimum atomic E-state index is -1.27. The first-order valence-corrected chi connectivity index (χ1v) is 15.1. The summed E-state index contributed by atoms with van der Waals surface area (Å²) in [5.74, 6) is -1.12. The van der Waals surface area contributed by atoms with Crippen LogP contribution >= 0.6 is 46.2 Å². The number of β-lactam (4-membered cyclic amide) rings is 1. The number of aromatic nitrogens is 1. The number of thioether (sulfide) groups is 2. The van der Waals surface area contributed by atoms with Crippen molar-refractivity contribution in [1.82, 2.24) is 15.2 Å². The number of carboxylic acids is 1. The standard InChI is InChI=1S/C23H17N5O8S4/c24-23-25-10(6-39-23)16(27-34)19(30)26-17-20(31)28-18(22(32)33)8(5-38-21(17)28)4-37-15-2-11(29)9-1-12-13(36-7-35-12)3-14(9)40-15/h1-3,6,17,21,34H,4-5,7H2,(H2,24,25)(H,26,30)(H,32,33)/b27-16-/t17-,21-/m1/s1. The summed E-state index contributed by atoms with van der Waals surface area (Å²) in [7, 11) is 0. The Bertz CT molecular complexity index is 1720. The normalized spacial score (nSPS) is 19.9. The number of thiazole rings is 1. The second kappa shape index (κ2) is 10.3. The predicted octanol–water partition coefficient (Wildman–Crippen LogP) is 1.74. The van der Waals surface area contributed by atoms with Crippen LogP contribution < -0.4 is 26.0 Å². The molecule has 3 aromatic rings. The number of anilines is 1. The average molecular weight is 620 g/mol. The number of ether oxygens (including phenoxy) is 2. The van der Waals surface area contributed by atoms with E-state index < -0.39 is 34.9 Å². The maximum atomic E-state index is 13.0. The Kier molecular flexibility index (Phi) is 6.81. The van der Waals surface area contributed by atoms with Crippen LogP contribution in [-0.4, -0.2) is 73.4 Å². The Labute approximate surface area is 240 Å². The summed E-state index contributed by atoms with van der Waals surface area (Å²) in [5, 5.41) is 26.2. The van der Waals surface area contributed by atoms with Crippen molar-refractivity contribution in [3.8, 4) is 11.5 Å². The van der Waals surface area contributed by atoms with Gasteiger partial charge in [0.2, 0.25) is 6.79 Å². The van der Waals surface area contributed by atoms with Crippen molar-refractivity contribution in [2.24, 2.45) is 5.16 Å². The molecule has 13 nitrogen and oxygen atoms in total. The highest BCUT2D eigenvalue weighted by Gasteiger charge is 2.54. The Morgan fingerprint density at radius 2 is 2.02 bits per heavy atom. The van der Waals surface area contributed by atoms with Gasteiger partial charge in [0.15, 0.2) is 27.8 Å². The number of carbonyl (C=O) groups excluding carboxylic acids is 2. The first-order chi connectivity index (χ1) is 19.2. The molecule has 2 aromatic heterocycles. The minimum absolute atomic E-state index is 0.0501. The quantitative estimate of drug-likeness (QED) is 0.0985. The lowest BCUT2D eigenvalue weighted by Crippen LogP contribution is -2.71. The highest BCUT2D eigenvalue weighted by molar-refractivity contribution is 8.02. The SMILES string of the molecule is Nc1nc(/C(=N/O)C(=O)N[C@@H]2C(=O)N3C(C(=O)O)=C(CSc4cc(=O)c5cc6c(cc5s4)OCO6)CS[C@H]23)cs1. The van der Waals surface area contributed by atoms with Crippen molar-refractivity contribution in [3.63, 3.8) is 0 Å². The maximum Gasteiger partial charge on any atom is 0.352 e. The molecule has 40 heavy (non-hydrogen) atoms. The van der Waals surface area contributed by atoms with Gasteiger partial charge in [-0.05, 0) is 11.6 Å². The average Bonchev–Trinajstić information content (AvgIpc) is 3.57. The number of nitrogens with zero attached hydrogens (tertiary/aromatic N) is 3. The molecule has 6 rings (SSSR count). The molecule has 0 bridgehead atoms. The number of hydrogen-bond donors (Lipinski definition) is 4. The van der Waals surface area contributed by atoms with Crippen LogP contribution in [0.25, 0.3) is 10.1 Å². The zero-order valence-corrected chi connectivity index (χ0v) is 23.2. The van der Waals surface area contributed by atoms with Gasteiger partial charge < -0.3 is 30.8 Å². The molecule has 5 heterocycles. The van der Waals surface area contributed by atoms with Crippen molar-refractivity contribution in [3.05, 3.63) is 50.8 Å². The third-order valence-corrected chi connectivity index (χ3v) is 10.6. The molecule has 3 aliphatic heterocycles. The predicted molar refractivity (Wildman–Crippen MR) is 149 cm³/mol. The molecule has 1 fully saturated rings. The first kappa shape index (κ1) is 26.4. The third kappa shape index (κ3) is 4.53. The number of nitrogens with two attached hydrogens (primary N) is 1. The molecular weight excluding hydrogens is 603 g/mol. The Balaban J connectivity index is 1.19. The van der Waals surface area contributed by atoms with Crippen LogP contribution in [0.2, 0.25) is 0 Å². The number of amides is 2. The number of nitrogens with one attached hydrogen (secondary N) is 1. The summed E-state index contributed by atoms with van der Waals surface area (Å²) >= 11 is 5.02. The van der Waals surface area contributed by atoms with Crippen molar-refractivity contribution < 1.29 is 34.2 Å². The fourth-order valence-corrected chi connectivity index (χ4v) is 8.63. The Morgan fingerprint density at radius 3 is 2.73 bits per heavy atom. The van der Waals surface area contributed by atoms with Crippen molar-refractivity contribution in [2.75, 3.05) is 24.0 Å². The van der Waals surface area contributed by atoms with Gasteiger partial charge in [-0.3, -0.25) is 19.3 Å². The zero-order valence-electron chi connectivity index (χ0n) is 20.0. The maximum absolute atomic E-state index is 13.0. The van der Waals surface area contributed by atoms with Crippen LogP contribution in [0.5, 0.6) is 11.5 Å². The van der Waals surface area contributed by atoms with Gasteiger partial charge in [0.05, 0.1) is 4.21 Å². The molecule has 0 saturated carbocycles. The molecule has 5 N–H and O–H groups in total. The van der Waals surface area contributed by atoms with Gasteiger partial charge in [-0.1, -0.05) is 5.16 Å². The van der Waals surface area contributed by atoms with E-state index in [1.165, 1.54) is 46.3 Å². The summed E-state index contributed by atoms with van der Waals surface area (Å²) in [5.41, 5.74) is 5.39. The number of carbonyl (C=O) groups is 3. The topological polar surface area (TPSA) is 194 Å². The van der Waals surface area contributed by atoms with Gasteiger partial charge in [0.1, 0.15) is 22.8 Å². The van der Waals surface area contributed by atoms with E-state index in [9.17, 15) is 29.5 Å². The van der Waals surface area contributed by atoms with E-state index in [0.717, 1.165) is 16.2 Å². The molecular formula is C23H17N5O8S4. The van der Waals surface area contributed by atoms with E-state index in [1.54, 1.807) is 12.1 Å². The van der Waals surface area contributed by atoms with E-state index in [2.05, 4.69) is 15.5 Å². The van der Waals surface area contributed by atoms with E-state index in [0.29, 0.717) is 37.1 Å².